The van der Waals surface area contributed by atoms with Gasteiger partial charge in [0.25, 0.3) is 0 Å². The van der Waals surface area contributed by atoms with Crippen LogP contribution in [0.1, 0.15) is 12.8 Å². The van der Waals surface area contributed by atoms with E-state index in [-0.39, 0.29) is 5.38 Å². The molecule has 2 fully saturated rings. The Morgan fingerprint density at radius 3 is 3.08 bits per heavy atom. The molecule has 0 aliphatic heterocycles. The summed E-state index contributed by atoms with van der Waals surface area (Å²) in [5, 5.41) is -0.168. The summed E-state index contributed by atoms with van der Waals surface area (Å²) in [5.74, 6) is 2.35. The highest BCUT2D eigenvalue weighted by Gasteiger charge is 2.56. The van der Waals surface area contributed by atoms with Gasteiger partial charge >= 0.3 is 0 Å². The quantitative estimate of drug-likeness (QED) is 0.414. The first-order chi connectivity index (χ1) is 5.79. The van der Waals surface area contributed by atoms with Crippen LogP contribution in [0.5, 0.6) is 0 Å². The van der Waals surface area contributed by atoms with E-state index in [2.05, 4.69) is 12.2 Å². The Bertz CT molecular complexity index is 271. The normalized spacial score (nSPS) is 55.1. The van der Waals surface area contributed by atoms with Crippen molar-refractivity contribution in [3.05, 3.63) is 12.2 Å². The summed E-state index contributed by atoms with van der Waals surface area (Å²) >= 11 is 6.04. The molecule has 3 rings (SSSR count). The highest BCUT2D eigenvalue weighted by Crippen LogP contribution is 2.56. The number of Topliss-reactive ketones (excluding diaryl/α,β-unsaturated/α-hetero) is 1. The van der Waals surface area contributed by atoms with Crippen molar-refractivity contribution in [1.82, 2.24) is 0 Å². The summed E-state index contributed by atoms with van der Waals surface area (Å²) < 4.78 is 0. The topological polar surface area (TPSA) is 17.1 Å². The lowest BCUT2D eigenvalue weighted by molar-refractivity contribution is -0.123. The molecule has 0 spiro atoms. The molecule has 0 aromatic carbocycles. The third-order valence-corrected chi connectivity index (χ3v) is 4.35. The van der Waals surface area contributed by atoms with Gasteiger partial charge < -0.3 is 0 Å². The number of rotatable bonds is 0. The number of carbonyl (C=O) groups is 1. The van der Waals surface area contributed by atoms with E-state index in [9.17, 15) is 4.79 Å². The van der Waals surface area contributed by atoms with Gasteiger partial charge in [0.2, 0.25) is 0 Å². The maximum Gasteiger partial charge on any atom is 0.154 e. The maximum absolute atomic E-state index is 11.5. The van der Waals surface area contributed by atoms with Gasteiger partial charge in [0, 0.05) is 5.92 Å². The van der Waals surface area contributed by atoms with E-state index in [0.29, 0.717) is 29.5 Å². The van der Waals surface area contributed by atoms with Crippen LogP contribution in [0.25, 0.3) is 0 Å². The smallest absolute Gasteiger partial charge is 0.154 e. The molecule has 2 saturated carbocycles. The molecule has 1 nitrogen and oxygen atoms in total. The van der Waals surface area contributed by atoms with Crippen LogP contribution >= 0.6 is 11.6 Å². The monoisotopic (exact) mass is 182 g/mol. The van der Waals surface area contributed by atoms with Crippen molar-refractivity contribution in [3.8, 4) is 0 Å². The van der Waals surface area contributed by atoms with Crippen molar-refractivity contribution < 1.29 is 4.79 Å². The first-order valence-corrected chi connectivity index (χ1v) is 5.07. The molecule has 0 saturated heterocycles. The average Bonchev–Trinajstić information content (AvgIpc) is 2.63. The third-order valence-electron chi connectivity index (χ3n) is 3.81. The largest absolute Gasteiger partial charge is 0.298 e. The van der Waals surface area contributed by atoms with Crippen LogP contribution in [0.4, 0.5) is 0 Å². The van der Waals surface area contributed by atoms with Crippen LogP contribution in [-0.4, -0.2) is 11.2 Å². The highest BCUT2D eigenvalue weighted by atomic mass is 35.5. The minimum absolute atomic E-state index is 0.168. The predicted molar refractivity (Wildman–Crippen MR) is 47.0 cm³/mol. The average molecular weight is 183 g/mol. The number of hydrogen-bond acceptors (Lipinski definition) is 1. The second-order valence-electron chi connectivity index (χ2n) is 4.22. The first-order valence-electron chi connectivity index (χ1n) is 4.63. The van der Waals surface area contributed by atoms with Gasteiger partial charge in [-0.3, -0.25) is 4.79 Å². The Morgan fingerprint density at radius 2 is 2.25 bits per heavy atom. The Hall–Kier alpha value is -0.300. The Morgan fingerprint density at radius 1 is 1.42 bits per heavy atom. The Kier molecular flexibility index (Phi) is 1.27. The van der Waals surface area contributed by atoms with Crippen molar-refractivity contribution in [2.45, 2.75) is 18.2 Å². The van der Waals surface area contributed by atoms with Gasteiger partial charge in [-0.05, 0) is 30.6 Å². The number of carbonyl (C=O) groups excluding carboxylic acids is 1. The van der Waals surface area contributed by atoms with E-state index in [1.807, 2.05) is 0 Å². The molecule has 3 aliphatic carbocycles. The fourth-order valence-electron chi connectivity index (χ4n) is 3.27. The van der Waals surface area contributed by atoms with Gasteiger partial charge in [-0.15, -0.1) is 11.6 Å². The molecule has 0 N–H and O–H groups in total. The third kappa shape index (κ3) is 0.646. The number of allylic oxidation sites excluding steroid dienone is 2. The zero-order valence-electron chi connectivity index (χ0n) is 6.74. The van der Waals surface area contributed by atoms with Crippen molar-refractivity contribution in [2.24, 2.45) is 23.7 Å². The fourth-order valence-corrected chi connectivity index (χ4v) is 3.70. The van der Waals surface area contributed by atoms with Crippen molar-refractivity contribution in [1.29, 1.82) is 0 Å². The number of ketones is 1. The van der Waals surface area contributed by atoms with E-state index in [0.717, 1.165) is 12.8 Å². The lowest BCUT2D eigenvalue weighted by atomic mass is 9.80. The lowest BCUT2D eigenvalue weighted by Gasteiger charge is -2.26. The van der Waals surface area contributed by atoms with E-state index in [4.69, 9.17) is 11.6 Å². The van der Waals surface area contributed by atoms with Crippen molar-refractivity contribution >= 4 is 17.4 Å². The molecule has 0 aromatic heterocycles. The number of alkyl halides is 1. The SMILES string of the molecule is O=C1C(Cl)C2CC1C1CC=CC21. The van der Waals surface area contributed by atoms with Gasteiger partial charge in [-0.1, -0.05) is 12.2 Å². The summed E-state index contributed by atoms with van der Waals surface area (Å²) in [5.41, 5.74) is 0. The summed E-state index contributed by atoms with van der Waals surface area (Å²) in [7, 11) is 0. The van der Waals surface area contributed by atoms with Crippen molar-refractivity contribution in [2.75, 3.05) is 0 Å². The Balaban J connectivity index is 2.00. The summed E-state index contributed by atoms with van der Waals surface area (Å²) in [6, 6.07) is 0. The molecule has 5 unspecified atom stereocenters. The molecule has 2 bridgehead atoms. The van der Waals surface area contributed by atoms with Crippen molar-refractivity contribution in [3.63, 3.8) is 0 Å². The van der Waals surface area contributed by atoms with Gasteiger partial charge in [0.1, 0.15) is 0 Å². The van der Waals surface area contributed by atoms with Gasteiger partial charge in [-0.25, -0.2) is 0 Å². The van der Waals surface area contributed by atoms with Gasteiger partial charge in [0.05, 0.1) is 5.38 Å². The molecule has 64 valence electrons. The molecule has 2 heteroatoms. The lowest BCUT2D eigenvalue weighted by Crippen LogP contribution is -2.33. The number of fused-ring (bicyclic) bond motifs is 5. The van der Waals surface area contributed by atoms with Crippen LogP contribution in [0, 0.1) is 23.7 Å². The van der Waals surface area contributed by atoms with Gasteiger partial charge in [0.15, 0.2) is 5.78 Å². The Labute approximate surface area is 76.8 Å². The highest BCUT2D eigenvalue weighted by molar-refractivity contribution is 6.32. The van der Waals surface area contributed by atoms with E-state index in [1.54, 1.807) is 0 Å². The second kappa shape index (κ2) is 2.14. The second-order valence-corrected chi connectivity index (χ2v) is 4.69. The summed E-state index contributed by atoms with van der Waals surface area (Å²) in [4.78, 5) is 11.5. The molecule has 0 amide bonds. The molecule has 5 atom stereocenters. The molecule has 3 aliphatic rings. The maximum atomic E-state index is 11.5. The van der Waals surface area contributed by atoms with Crippen LogP contribution in [0.15, 0.2) is 12.2 Å². The molecular weight excluding hydrogens is 172 g/mol. The number of halogens is 1. The zero-order valence-corrected chi connectivity index (χ0v) is 7.50. The molecule has 0 radical (unpaired) electrons. The first kappa shape index (κ1) is 7.14. The summed E-state index contributed by atoms with van der Waals surface area (Å²) in [6.07, 6.45) is 6.67. The van der Waals surface area contributed by atoms with Crippen LogP contribution in [0.3, 0.4) is 0 Å². The van der Waals surface area contributed by atoms with E-state index < -0.39 is 0 Å². The van der Waals surface area contributed by atoms with E-state index in [1.165, 1.54) is 0 Å². The zero-order chi connectivity index (χ0) is 8.29. The van der Waals surface area contributed by atoms with Crippen LogP contribution < -0.4 is 0 Å². The molecular formula is C10H11ClO. The molecule has 0 aromatic rings. The standard InChI is InChI=1S/C10H11ClO/c11-9-7-4-8(10(9)12)6-3-1-2-5(6)7/h1-2,5-9H,3-4H2. The van der Waals surface area contributed by atoms with Gasteiger partial charge in [-0.2, -0.15) is 0 Å². The minimum Gasteiger partial charge on any atom is -0.298 e. The fraction of sp³-hybridized carbons (Fsp3) is 0.700. The van der Waals surface area contributed by atoms with E-state index >= 15 is 0 Å². The minimum atomic E-state index is -0.168. The molecule has 0 heterocycles. The van der Waals surface area contributed by atoms with Crippen LogP contribution in [-0.2, 0) is 4.79 Å². The molecule has 12 heavy (non-hydrogen) atoms. The van der Waals surface area contributed by atoms with Crippen LogP contribution in [0.2, 0.25) is 0 Å². The number of hydrogen-bond donors (Lipinski definition) is 0. The predicted octanol–water partition coefficient (Wildman–Crippen LogP) is 2.00. The summed E-state index contributed by atoms with van der Waals surface area (Å²) in [6.45, 7) is 0.